The molecule has 3 aromatic rings. The SMILES string of the molecule is O=C(NC(CO)Cc1ccccc1)c1cccnc1N1CCN(c2ccncc2)CC1. The number of aromatic nitrogens is 2. The first-order chi connectivity index (χ1) is 15.2. The highest BCUT2D eigenvalue weighted by molar-refractivity contribution is 5.99. The maximum absolute atomic E-state index is 13.0. The fraction of sp³-hybridized carbons (Fsp3) is 0.292. The first-order valence-electron chi connectivity index (χ1n) is 10.5. The van der Waals surface area contributed by atoms with Crippen molar-refractivity contribution in [3.05, 3.63) is 84.3 Å². The zero-order chi connectivity index (χ0) is 21.5. The minimum atomic E-state index is -0.355. The van der Waals surface area contributed by atoms with Gasteiger partial charge < -0.3 is 20.2 Å². The van der Waals surface area contributed by atoms with Crippen LogP contribution in [0.4, 0.5) is 11.5 Å². The van der Waals surface area contributed by atoms with Gasteiger partial charge >= 0.3 is 0 Å². The van der Waals surface area contributed by atoms with Crippen molar-refractivity contribution < 1.29 is 9.90 Å². The molecule has 7 heteroatoms. The van der Waals surface area contributed by atoms with Crippen molar-refractivity contribution in [2.24, 2.45) is 0 Å². The normalized spacial score (nSPS) is 14.9. The van der Waals surface area contributed by atoms with Gasteiger partial charge in [-0.2, -0.15) is 0 Å². The maximum Gasteiger partial charge on any atom is 0.255 e. The number of carbonyl (C=O) groups excluding carboxylic acids is 1. The third kappa shape index (κ3) is 5.19. The van der Waals surface area contributed by atoms with Crippen molar-refractivity contribution in [2.75, 3.05) is 42.6 Å². The summed E-state index contributed by atoms with van der Waals surface area (Å²) in [5.74, 6) is 0.473. The number of aliphatic hydroxyl groups excluding tert-OH is 1. The number of hydrogen-bond acceptors (Lipinski definition) is 6. The van der Waals surface area contributed by atoms with Crippen LogP contribution in [-0.4, -0.2) is 59.8 Å². The van der Waals surface area contributed by atoms with Crippen LogP contribution in [0.3, 0.4) is 0 Å². The molecule has 0 saturated carbocycles. The molecular formula is C24H27N5O2. The molecule has 3 heterocycles. The average Bonchev–Trinajstić information content (AvgIpc) is 2.85. The van der Waals surface area contributed by atoms with Crippen LogP contribution in [0.1, 0.15) is 15.9 Å². The van der Waals surface area contributed by atoms with E-state index in [0.717, 1.165) is 37.4 Å². The van der Waals surface area contributed by atoms with Gasteiger partial charge in [-0.05, 0) is 36.2 Å². The van der Waals surface area contributed by atoms with Gasteiger partial charge in [0.05, 0.1) is 18.2 Å². The van der Waals surface area contributed by atoms with Gasteiger partial charge in [0.15, 0.2) is 0 Å². The zero-order valence-electron chi connectivity index (χ0n) is 17.4. The van der Waals surface area contributed by atoms with E-state index in [1.807, 2.05) is 42.5 Å². The Bertz CT molecular complexity index is 976. The molecule has 31 heavy (non-hydrogen) atoms. The van der Waals surface area contributed by atoms with Crippen LogP contribution in [0, 0.1) is 0 Å². The van der Waals surface area contributed by atoms with E-state index in [1.54, 1.807) is 30.7 Å². The smallest absolute Gasteiger partial charge is 0.255 e. The summed E-state index contributed by atoms with van der Waals surface area (Å²) in [5.41, 5.74) is 2.76. The van der Waals surface area contributed by atoms with Gasteiger partial charge in [-0.1, -0.05) is 30.3 Å². The Labute approximate surface area is 182 Å². The molecule has 0 spiro atoms. The van der Waals surface area contributed by atoms with Crippen molar-refractivity contribution in [1.29, 1.82) is 0 Å². The van der Waals surface area contributed by atoms with Crippen LogP contribution in [0.5, 0.6) is 0 Å². The van der Waals surface area contributed by atoms with Crippen LogP contribution in [0.25, 0.3) is 0 Å². The van der Waals surface area contributed by atoms with Gasteiger partial charge in [-0.3, -0.25) is 9.78 Å². The molecule has 160 valence electrons. The summed E-state index contributed by atoms with van der Waals surface area (Å²) >= 11 is 0. The first-order valence-corrected chi connectivity index (χ1v) is 10.5. The second kappa shape index (κ2) is 10.0. The molecular weight excluding hydrogens is 390 g/mol. The number of piperazine rings is 1. The average molecular weight is 418 g/mol. The van der Waals surface area contributed by atoms with Crippen molar-refractivity contribution >= 4 is 17.4 Å². The Morgan fingerprint density at radius 2 is 1.65 bits per heavy atom. The Hall–Kier alpha value is -3.45. The monoisotopic (exact) mass is 417 g/mol. The third-order valence-electron chi connectivity index (χ3n) is 5.52. The molecule has 1 aliphatic heterocycles. The molecule has 1 aliphatic rings. The highest BCUT2D eigenvalue weighted by Gasteiger charge is 2.24. The molecule has 0 radical (unpaired) electrons. The summed E-state index contributed by atoms with van der Waals surface area (Å²) in [6, 6.07) is 17.1. The molecule has 2 aromatic heterocycles. The molecule has 4 rings (SSSR count). The lowest BCUT2D eigenvalue weighted by molar-refractivity contribution is 0.0916. The minimum Gasteiger partial charge on any atom is -0.394 e. The van der Waals surface area contributed by atoms with Gasteiger partial charge in [0.25, 0.3) is 5.91 Å². The molecule has 1 aromatic carbocycles. The van der Waals surface area contributed by atoms with Gasteiger partial charge in [-0.25, -0.2) is 4.98 Å². The number of pyridine rings is 2. The second-order valence-electron chi connectivity index (χ2n) is 7.60. The van der Waals surface area contributed by atoms with Gasteiger partial charge in [0.2, 0.25) is 0 Å². The summed E-state index contributed by atoms with van der Waals surface area (Å²) in [6.07, 6.45) is 5.89. The van der Waals surface area contributed by atoms with E-state index in [0.29, 0.717) is 17.8 Å². The lowest BCUT2D eigenvalue weighted by atomic mass is 10.1. The molecule has 0 bridgehead atoms. The van der Waals surface area contributed by atoms with E-state index in [2.05, 4.69) is 25.1 Å². The van der Waals surface area contributed by atoms with Crippen LogP contribution in [-0.2, 0) is 6.42 Å². The zero-order valence-corrected chi connectivity index (χ0v) is 17.4. The number of aliphatic hydroxyl groups is 1. The highest BCUT2D eigenvalue weighted by atomic mass is 16.3. The maximum atomic E-state index is 13.0. The molecule has 7 nitrogen and oxygen atoms in total. The van der Waals surface area contributed by atoms with Crippen molar-refractivity contribution in [3.8, 4) is 0 Å². The van der Waals surface area contributed by atoms with Crippen molar-refractivity contribution in [2.45, 2.75) is 12.5 Å². The van der Waals surface area contributed by atoms with Crippen LogP contribution < -0.4 is 15.1 Å². The van der Waals surface area contributed by atoms with E-state index in [-0.39, 0.29) is 18.6 Å². The number of rotatable bonds is 7. The summed E-state index contributed by atoms with van der Waals surface area (Å²) < 4.78 is 0. The second-order valence-corrected chi connectivity index (χ2v) is 7.60. The fourth-order valence-corrected chi connectivity index (χ4v) is 3.88. The quantitative estimate of drug-likeness (QED) is 0.613. The minimum absolute atomic E-state index is 0.124. The lowest BCUT2D eigenvalue weighted by Gasteiger charge is -2.37. The molecule has 2 N–H and O–H groups in total. The van der Waals surface area contributed by atoms with E-state index in [4.69, 9.17) is 0 Å². The van der Waals surface area contributed by atoms with E-state index < -0.39 is 0 Å². The summed E-state index contributed by atoms with van der Waals surface area (Å²) in [6.45, 7) is 3.10. The molecule has 1 amide bonds. The summed E-state index contributed by atoms with van der Waals surface area (Å²) in [5, 5.41) is 12.8. The number of anilines is 2. The first kappa shape index (κ1) is 20.8. The molecule has 0 aliphatic carbocycles. The summed E-state index contributed by atoms with van der Waals surface area (Å²) in [7, 11) is 0. The third-order valence-corrected chi connectivity index (χ3v) is 5.52. The lowest BCUT2D eigenvalue weighted by Crippen LogP contribution is -2.47. The number of amides is 1. The number of hydrogen-bond donors (Lipinski definition) is 2. The van der Waals surface area contributed by atoms with Crippen LogP contribution >= 0.6 is 0 Å². The molecule has 1 saturated heterocycles. The number of nitrogens with zero attached hydrogens (tertiary/aromatic N) is 4. The Morgan fingerprint density at radius 1 is 0.935 bits per heavy atom. The summed E-state index contributed by atoms with van der Waals surface area (Å²) in [4.78, 5) is 26.1. The predicted octanol–water partition coefficient (Wildman–Crippen LogP) is 2.14. The molecule has 1 unspecified atom stereocenters. The highest BCUT2D eigenvalue weighted by Crippen LogP contribution is 2.22. The molecule has 1 atom stereocenters. The van der Waals surface area contributed by atoms with Gasteiger partial charge in [-0.15, -0.1) is 0 Å². The predicted molar refractivity (Wildman–Crippen MR) is 121 cm³/mol. The van der Waals surface area contributed by atoms with E-state index >= 15 is 0 Å². The Morgan fingerprint density at radius 3 is 2.35 bits per heavy atom. The van der Waals surface area contributed by atoms with E-state index in [9.17, 15) is 9.90 Å². The largest absolute Gasteiger partial charge is 0.394 e. The number of carbonyl (C=O) groups is 1. The number of nitrogens with one attached hydrogen (secondary N) is 1. The molecule has 1 fully saturated rings. The van der Waals surface area contributed by atoms with E-state index in [1.165, 1.54) is 0 Å². The topological polar surface area (TPSA) is 81.6 Å². The Kier molecular flexibility index (Phi) is 6.74. The number of benzene rings is 1. The van der Waals surface area contributed by atoms with Crippen LogP contribution in [0.15, 0.2) is 73.2 Å². The van der Waals surface area contributed by atoms with Crippen molar-refractivity contribution in [3.63, 3.8) is 0 Å². The fourth-order valence-electron chi connectivity index (χ4n) is 3.88. The van der Waals surface area contributed by atoms with Gasteiger partial charge in [0.1, 0.15) is 5.82 Å². The Balaban J connectivity index is 1.42. The van der Waals surface area contributed by atoms with Crippen LogP contribution in [0.2, 0.25) is 0 Å². The van der Waals surface area contributed by atoms with Crippen molar-refractivity contribution in [1.82, 2.24) is 15.3 Å². The standard InChI is InChI=1S/C24H27N5O2/c30-18-20(17-19-5-2-1-3-6-19)27-24(31)22-7-4-10-26-23(22)29-15-13-28(14-16-29)21-8-11-25-12-9-21/h1-12,20,30H,13-18H2,(H,27,31). The van der Waals surface area contributed by atoms with Gasteiger partial charge in [0, 0.05) is 50.5 Å².